The van der Waals surface area contributed by atoms with Crippen molar-refractivity contribution in [2.75, 3.05) is 20.7 Å². The Bertz CT molecular complexity index is 766. The van der Waals surface area contributed by atoms with Gasteiger partial charge in [0.2, 0.25) is 0 Å². The Morgan fingerprint density at radius 2 is 2.08 bits per heavy atom. The maximum Gasteiger partial charge on any atom is 0.417 e. The zero-order valence-electron chi connectivity index (χ0n) is 13.8. The highest BCUT2D eigenvalue weighted by atomic mass is 19.4. The van der Waals surface area contributed by atoms with E-state index in [0.29, 0.717) is 6.20 Å². The van der Waals surface area contributed by atoms with Crippen molar-refractivity contribution in [3.8, 4) is 5.82 Å². The summed E-state index contributed by atoms with van der Waals surface area (Å²) >= 11 is 0. The molecule has 0 spiro atoms. The molecule has 0 aliphatic rings. The summed E-state index contributed by atoms with van der Waals surface area (Å²) in [6, 6.07) is 2.03. The molecule has 134 valence electrons. The normalized spacial score (nSPS) is 11.8. The number of nitrogens with zero attached hydrogens (tertiary/aromatic N) is 5. The van der Waals surface area contributed by atoms with Crippen LogP contribution in [-0.2, 0) is 10.9 Å². The number of halogens is 3. The van der Waals surface area contributed by atoms with E-state index in [-0.39, 0.29) is 23.8 Å². The molecule has 0 aliphatic heterocycles. The predicted molar refractivity (Wildman–Crippen MR) is 84.2 cm³/mol. The number of pyridine rings is 1. The molecule has 2 aromatic heterocycles. The van der Waals surface area contributed by atoms with Crippen molar-refractivity contribution in [1.29, 1.82) is 0 Å². The molecule has 2 rings (SSSR count). The van der Waals surface area contributed by atoms with Gasteiger partial charge in [-0.3, -0.25) is 0 Å². The van der Waals surface area contributed by atoms with Crippen LogP contribution in [0.4, 0.5) is 19.0 Å². The van der Waals surface area contributed by atoms with Crippen LogP contribution in [0.5, 0.6) is 0 Å². The molecule has 0 fully saturated rings. The molecule has 0 saturated heterocycles. The van der Waals surface area contributed by atoms with Gasteiger partial charge in [-0.25, -0.2) is 14.8 Å². The Balaban J connectivity index is 2.48. The summed E-state index contributed by atoms with van der Waals surface area (Å²) in [6.45, 7) is 1.82. The Labute approximate surface area is 141 Å². The third-order valence-corrected chi connectivity index (χ3v) is 2.94. The molecular formula is C15H16F3N5O2. The second-order valence-electron chi connectivity index (χ2n) is 5.13. The lowest BCUT2D eigenvalue weighted by atomic mass is 10.3. The molecule has 2 aromatic rings. The van der Waals surface area contributed by atoms with Crippen molar-refractivity contribution < 1.29 is 22.7 Å². The molecule has 0 N–H and O–H groups in total. The van der Waals surface area contributed by atoms with Crippen LogP contribution in [0.2, 0.25) is 0 Å². The van der Waals surface area contributed by atoms with Crippen LogP contribution in [0.15, 0.2) is 29.5 Å². The third-order valence-electron chi connectivity index (χ3n) is 2.94. The average Bonchev–Trinajstić information content (AvgIpc) is 2.96. The highest BCUT2D eigenvalue weighted by molar-refractivity contribution is 5.94. The van der Waals surface area contributed by atoms with Gasteiger partial charge >= 0.3 is 12.1 Å². The number of hydrogen-bond donors (Lipinski definition) is 0. The molecule has 25 heavy (non-hydrogen) atoms. The molecule has 0 saturated carbocycles. The lowest BCUT2D eigenvalue weighted by molar-refractivity contribution is -0.137. The van der Waals surface area contributed by atoms with Crippen molar-refractivity contribution in [3.63, 3.8) is 0 Å². The van der Waals surface area contributed by atoms with Gasteiger partial charge in [0.05, 0.1) is 24.7 Å². The molecule has 0 atom stereocenters. The first kappa shape index (κ1) is 18.4. The minimum atomic E-state index is -4.49. The number of hydrogen-bond acceptors (Lipinski definition) is 5. The van der Waals surface area contributed by atoms with E-state index < -0.39 is 17.7 Å². The first-order chi connectivity index (χ1) is 11.7. The second kappa shape index (κ2) is 7.32. The van der Waals surface area contributed by atoms with Gasteiger partial charge in [0, 0.05) is 20.3 Å². The fourth-order valence-electron chi connectivity index (χ4n) is 1.84. The number of ether oxygens (including phenoxy) is 1. The maximum absolute atomic E-state index is 12.7. The number of rotatable bonds is 5. The van der Waals surface area contributed by atoms with E-state index in [0.717, 1.165) is 12.1 Å². The smallest absolute Gasteiger partial charge is 0.417 e. The number of aliphatic imine (C=N–C) groups is 1. The van der Waals surface area contributed by atoms with Gasteiger partial charge in [-0.15, -0.1) is 0 Å². The lowest BCUT2D eigenvalue weighted by Crippen LogP contribution is -2.10. The van der Waals surface area contributed by atoms with Crippen LogP contribution in [-0.4, -0.2) is 52.7 Å². The van der Waals surface area contributed by atoms with Crippen LogP contribution in [0.25, 0.3) is 5.82 Å². The minimum absolute atomic E-state index is 0.0849. The zero-order valence-corrected chi connectivity index (χ0v) is 13.8. The van der Waals surface area contributed by atoms with Crippen molar-refractivity contribution in [3.05, 3.63) is 35.7 Å². The molecule has 0 aliphatic carbocycles. The van der Waals surface area contributed by atoms with Gasteiger partial charge in [-0.1, -0.05) is 0 Å². The number of esters is 1. The number of aromatic nitrogens is 3. The zero-order chi connectivity index (χ0) is 18.6. The van der Waals surface area contributed by atoms with Crippen molar-refractivity contribution in [2.45, 2.75) is 13.1 Å². The Kier molecular flexibility index (Phi) is 5.40. The average molecular weight is 355 g/mol. The van der Waals surface area contributed by atoms with Gasteiger partial charge in [0.15, 0.2) is 11.6 Å². The highest BCUT2D eigenvalue weighted by Crippen LogP contribution is 2.29. The fraction of sp³-hybridized carbons (Fsp3) is 0.333. The largest absolute Gasteiger partial charge is 0.462 e. The number of alkyl halides is 3. The Hall–Kier alpha value is -2.91. The summed E-state index contributed by atoms with van der Waals surface area (Å²) in [4.78, 5) is 21.6. The second-order valence-corrected chi connectivity index (χ2v) is 5.13. The van der Waals surface area contributed by atoms with Crippen LogP contribution in [0, 0.1) is 0 Å². The molecule has 0 aromatic carbocycles. The van der Waals surface area contributed by atoms with E-state index in [1.807, 2.05) is 0 Å². The summed E-state index contributed by atoms with van der Waals surface area (Å²) in [7, 11) is 3.45. The molecule has 0 amide bonds. The SMILES string of the molecule is CCOC(=O)c1cnn(-c2ccc(C(F)(F)F)cn2)c1N=CN(C)C. The third kappa shape index (κ3) is 4.34. The summed E-state index contributed by atoms with van der Waals surface area (Å²) in [5.41, 5.74) is -0.797. The molecule has 0 bridgehead atoms. The Morgan fingerprint density at radius 1 is 1.36 bits per heavy atom. The summed E-state index contributed by atoms with van der Waals surface area (Å²) in [5.74, 6) is -0.430. The monoisotopic (exact) mass is 355 g/mol. The maximum atomic E-state index is 12.7. The standard InChI is InChI=1S/C15H16F3N5O2/c1-4-25-14(24)11-8-21-23(13(11)20-9-22(2)3)12-6-5-10(7-19-12)15(16,17)18/h5-9H,4H2,1-3H3. The first-order valence-electron chi connectivity index (χ1n) is 7.23. The van der Waals surface area contributed by atoms with Gasteiger partial charge in [0.25, 0.3) is 0 Å². The summed E-state index contributed by atoms with van der Waals surface area (Å²) in [6.07, 6.45) is -1.13. The topological polar surface area (TPSA) is 72.6 Å². The molecule has 7 nitrogen and oxygen atoms in total. The van der Waals surface area contributed by atoms with Crippen molar-refractivity contribution in [2.24, 2.45) is 4.99 Å². The van der Waals surface area contributed by atoms with Crippen molar-refractivity contribution in [1.82, 2.24) is 19.7 Å². The summed E-state index contributed by atoms with van der Waals surface area (Å²) < 4.78 is 44.1. The van der Waals surface area contributed by atoms with Crippen LogP contribution in [0.1, 0.15) is 22.8 Å². The van der Waals surface area contributed by atoms with E-state index in [1.165, 1.54) is 17.2 Å². The first-order valence-corrected chi connectivity index (χ1v) is 7.23. The summed E-state index contributed by atoms with van der Waals surface area (Å²) in [5, 5.41) is 4.00. The molecule has 0 unspecified atom stereocenters. The van der Waals surface area contributed by atoms with E-state index in [2.05, 4.69) is 15.1 Å². The quantitative estimate of drug-likeness (QED) is 0.468. The van der Waals surface area contributed by atoms with Crippen LogP contribution in [0.3, 0.4) is 0 Å². The van der Waals surface area contributed by atoms with E-state index in [4.69, 9.17) is 4.74 Å². The molecule has 2 heterocycles. The van der Waals surface area contributed by atoms with Crippen LogP contribution < -0.4 is 0 Å². The molecule has 10 heteroatoms. The minimum Gasteiger partial charge on any atom is -0.462 e. The highest BCUT2D eigenvalue weighted by Gasteiger charge is 2.31. The van der Waals surface area contributed by atoms with Gasteiger partial charge in [-0.2, -0.15) is 23.0 Å². The number of carbonyl (C=O) groups excluding carboxylic acids is 1. The fourth-order valence-corrected chi connectivity index (χ4v) is 1.84. The molecular weight excluding hydrogens is 339 g/mol. The van der Waals surface area contributed by atoms with Crippen LogP contribution >= 0.6 is 0 Å². The van der Waals surface area contributed by atoms with E-state index >= 15 is 0 Å². The van der Waals surface area contributed by atoms with Gasteiger partial charge in [-0.05, 0) is 19.1 Å². The lowest BCUT2D eigenvalue weighted by Gasteiger charge is -2.09. The van der Waals surface area contributed by atoms with Gasteiger partial charge < -0.3 is 9.64 Å². The van der Waals surface area contributed by atoms with Crippen molar-refractivity contribution >= 4 is 18.1 Å². The van der Waals surface area contributed by atoms with E-state index in [1.54, 1.807) is 25.9 Å². The predicted octanol–water partition coefficient (Wildman–Crippen LogP) is 2.68. The Morgan fingerprint density at radius 3 is 2.60 bits per heavy atom. The van der Waals surface area contributed by atoms with E-state index in [9.17, 15) is 18.0 Å². The van der Waals surface area contributed by atoms with Gasteiger partial charge in [0.1, 0.15) is 5.56 Å². The molecule has 0 radical (unpaired) electrons. The number of carbonyl (C=O) groups is 1.